The maximum atomic E-state index is 13.7. The first-order chi connectivity index (χ1) is 8.76. The Morgan fingerprint density at radius 2 is 1.79 bits per heavy atom. The van der Waals surface area contributed by atoms with E-state index in [0.29, 0.717) is 13.0 Å². The maximum absolute atomic E-state index is 13.7. The lowest BCUT2D eigenvalue weighted by Gasteiger charge is -2.41. The Kier molecular flexibility index (Phi) is 6.70. The molecule has 0 aliphatic carbocycles. The van der Waals surface area contributed by atoms with Gasteiger partial charge in [-0.3, -0.25) is 4.79 Å². The molecule has 1 aliphatic rings. The number of alkyl halides is 4. The first kappa shape index (κ1) is 17.8. The van der Waals surface area contributed by atoms with Crippen LogP contribution < -0.4 is 5.32 Å². The van der Waals surface area contributed by atoms with Gasteiger partial charge in [-0.05, 0) is 57.0 Å². The lowest BCUT2D eigenvalue weighted by Crippen LogP contribution is -2.43. The maximum Gasteiger partial charge on any atom is 0.322 e. The van der Waals surface area contributed by atoms with Crippen LogP contribution in [0.15, 0.2) is 0 Å². The zero-order chi connectivity index (χ0) is 14.8. The van der Waals surface area contributed by atoms with Crippen LogP contribution in [0.3, 0.4) is 0 Å². The Morgan fingerprint density at radius 3 is 2.16 bits per heavy atom. The van der Waals surface area contributed by atoms with Gasteiger partial charge in [0.15, 0.2) is 8.36 Å². The summed E-state index contributed by atoms with van der Waals surface area (Å²) in [5.74, 6) is -1.04. The van der Waals surface area contributed by atoms with Gasteiger partial charge in [0.05, 0.1) is 7.11 Å². The number of esters is 1. The highest BCUT2D eigenvalue weighted by molar-refractivity contribution is 14.1. The number of halogens is 4. The molecule has 0 radical (unpaired) electrons. The molecule has 7 heteroatoms. The van der Waals surface area contributed by atoms with Crippen molar-refractivity contribution in [1.82, 2.24) is 5.32 Å². The van der Waals surface area contributed by atoms with Gasteiger partial charge in [-0.25, -0.2) is 8.78 Å². The Morgan fingerprint density at radius 1 is 1.32 bits per heavy atom. The summed E-state index contributed by atoms with van der Waals surface area (Å²) < 4.78 is 30.1. The van der Waals surface area contributed by atoms with Crippen molar-refractivity contribution in [1.29, 1.82) is 0 Å². The third kappa shape index (κ3) is 3.69. The molecular formula is C12H19F2I2NO2. The van der Waals surface area contributed by atoms with Crippen LogP contribution in [0, 0.1) is 17.3 Å². The number of methoxy groups -OCH3 is 1. The van der Waals surface area contributed by atoms with Gasteiger partial charge in [0.25, 0.3) is 0 Å². The molecule has 1 fully saturated rings. The molecule has 112 valence electrons. The zero-order valence-electron chi connectivity index (χ0n) is 11.1. The third-order valence-corrected chi connectivity index (χ3v) is 6.47. The molecule has 3 nitrogen and oxygen atoms in total. The molecule has 1 saturated heterocycles. The lowest BCUT2D eigenvalue weighted by molar-refractivity contribution is -0.143. The summed E-state index contributed by atoms with van der Waals surface area (Å²) in [7, 11) is 1.32. The molecule has 0 amide bonds. The molecule has 0 aromatic heterocycles. The van der Waals surface area contributed by atoms with Crippen LogP contribution in [0.25, 0.3) is 0 Å². The topological polar surface area (TPSA) is 38.3 Å². The van der Waals surface area contributed by atoms with Crippen molar-refractivity contribution < 1.29 is 18.3 Å². The van der Waals surface area contributed by atoms with E-state index in [1.54, 1.807) is 59.0 Å². The lowest BCUT2D eigenvalue weighted by atomic mass is 9.67. The molecule has 19 heavy (non-hydrogen) atoms. The van der Waals surface area contributed by atoms with Gasteiger partial charge >= 0.3 is 5.97 Å². The van der Waals surface area contributed by atoms with Crippen molar-refractivity contribution in [2.45, 2.75) is 34.7 Å². The third-order valence-electron chi connectivity index (χ3n) is 4.32. The Labute approximate surface area is 139 Å². The minimum Gasteiger partial charge on any atom is -0.468 e. The SMILES string of the molecule is COC(=O)[C@@H]1CC([C@H](C)[C@@H](F)I)([C@H](C)[C@@H](F)I)CN1. The van der Waals surface area contributed by atoms with Crippen LogP contribution in [0.5, 0.6) is 0 Å². The van der Waals surface area contributed by atoms with E-state index in [2.05, 4.69) is 5.32 Å². The summed E-state index contributed by atoms with van der Waals surface area (Å²) in [6.45, 7) is 4.00. The average molecular weight is 501 g/mol. The molecule has 0 aromatic rings. The molecule has 0 saturated carbocycles. The summed E-state index contributed by atoms with van der Waals surface area (Å²) >= 11 is 3.45. The fraction of sp³-hybridized carbons (Fsp3) is 0.917. The Balaban J connectivity index is 3.00. The van der Waals surface area contributed by atoms with Gasteiger partial charge in [0, 0.05) is 18.4 Å². The van der Waals surface area contributed by atoms with Crippen molar-refractivity contribution in [3.8, 4) is 0 Å². The number of rotatable bonds is 5. The molecule has 0 bridgehead atoms. The summed E-state index contributed by atoms with van der Waals surface area (Å²) in [6, 6.07) is -0.472. The fourth-order valence-electron chi connectivity index (χ4n) is 2.76. The molecule has 1 N–H and O–H groups in total. The van der Waals surface area contributed by atoms with E-state index in [9.17, 15) is 13.6 Å². The van der Waals surface area contributed by atoms with Crippen LogP contribution in [0.4, 0.5) is 8.78 Å². The number of hydrogen-bond acceptors (Lipinski definition) is 3. The van der Waals surface area contributed by atoms with Crippen LogP contribution in [-0.4, -0.2) is 34.0 Å². The number of hydrogen-bond donors (Lipinski definition) is 1. The van der Waals surface area contributed by atoms with Crippen LogP contribution in [-0.2, 0) is 9.53 Å². The number of carbonyl (C=O) groups excluding carboxylic acids is 1. The second-order valence-electron chi connectivity index (χ2n) is 5.14. The molecule has 1 aliphatic heterocycles. The van der Waals surface area contributed by atoms with Crippen molar-refractivity contribution in [2.75, 3.05) is 13.7 Å². The average Bonchev–Trinajstić information content (AvgIpc) is 2.81. The molecule has 5 atom stereocenters. The smallest absolute Gasteiger partial charge is 0.322 e. The van der Waals surface area contributed by atoms with Gasteiger partial charge in [-0.15, -0.1) is 0 Å². The minimum absolute atomic E-state index is 0.335. The number of carbonyl (C=O) groups is 1. The van der Waals surface area contributed by atoms with Gasteiger partial charge < -0.3 is 10.1 Å². The molecule has 0 aromatic carbocycles. The molecule has 1 heterocycles. The summed E-state index contributed by atoms with van der Waals surface area (Å²) in [5, 5.41) is 3.06. The first-order valence-corrected chi connectivity index (χ1v) is 8.63. The van der Waals surface area contributed by atoms with E-state index >= 15 is 0 Å². The normalized spacial score (nSPS) is 28.5. The summed E-state index contributed by atoms with van der Waals surface area (Å²) in [4.78, 5) is 11.6. The van der Waals surface area contributed by atoms with Crippen molar-refractivity contribution in [2.24, 2.45) is 17.3 Å². The molecule has 0 unspecified atom stereocenters. The highest BCUT2D eigenvalue weighted by Crippen LogP contribution is 2.49. The Bertz CT molecular complexity index is 315. The quantitative estimate of drug-likeness (QED) is 0.358. The highest BCUT2D eigenvalue weighted by atomic mass is 127. The first-order valence-electron chi connectivity index (χ1n) is 6.13. The van der Waals surface area contributed by atoms with E-state index in [4.69, 9.17) is 4.74 Å². The van der Waals surface area contributed by atoms with Gasteiger partial charge in [-0.1, -0.05) is 13.8 Å². The van der Waals surface area contributed by atoms with E-state index < -0.39 is 19.8 Å². The Hall–Kier alpha value is 0.750. The number of ether oxygens (including phenoxy) is 1. The van der Waals surface area contributed by atoms with Crippen molar-refractivity contribution in [3.63, 3.8) is 0 Å². The van der Waals surface area contributed by atoms with Crippen LogP contribution in [0.2, 0.25) is 0 Å². The predicted octanol–water partition coefficient (Wildman–Crippen LogP) is 3.24. The molecule has 0 spiro atoms. The van der Waals surface area contributed by atoms with Crippen LogP contribution in [0.1, 0.15) is 20.3 Å². The van der Waals surface area contributed by atoms with E-state index in [1.165, 1.54) is 7.11 Å². The molecular weight excluding hydrogens is 482 g/mol. The summed E-state index contributed by atoms with van der Waals surface area (Å²) in [6.07, 6.45) is 0.412. The number of nitrogens with one attached hydrogen (secondary N) is 1. The summed E-state index contributed by atoms with van der Waals surface area (Å²) in [5.41, 5.74) is -0.569. The zero-order valence-corrected chi connectivity index (χ0v) is 15.4. The van der Waals surface area contributed by atoms with Crippen molar-refractivity contribution >= 4 is 51.2 Å². The second-order valence-corrected chi connectivity index (χ2v) is 7.52. The van der Waals surface area contributed by atoms with E-state index in [1.807, 2.05) is 0 Å². The van der Waals surface area contributed by atoms with E-state index in [-0.39, 0.29) is 17.8 Å². The van der Waals surface area contributed by atoms with Crippen LogP contribution >= 0.6 is 45.2 Å². The van der Waals surface area contributed by atoms with E-state index in [0.717, 1.165) is 0 Å². The van der Waals surface area contributed by atoms with Gasteiger partial charge in [-0.2, -0.15) is 0 Å². The monoisotopic (exact) mass is 501 g/mol. The van der Waals surface area contributed by atoms with Gasteiger partial charge in [0.1, 0.15) is 6.04 Å². The second kappa shape index (κ2) is 7.15. The predicted molar refractivity (Wildman–Crippen MR) is 87.0 cm³/mol. The van der Waals surface area contributed by atoms with Crippen molar-refractivity contribution in [3.05, 3.63) is 0 Å². The molecule has 1 rings (SSSR count). The standard InChI is InChI=1S/C12H19F2I2NO2/c1-6(9(13)15)12(7(2)10(14)16)4-8(17-5-12)11(18)19-3/h6-10,17H,4-5H2,1-3H3/t6-,7-,8+,9+,10+/m1/s1. The highest BCUT2D eigenvalue weighted by Gasteiger charge is 2.52. The fourth-order valence-corrected chi connectivity index (χ4v) is 4.19. The van der Waals surface area contributed by atoms with Gasteiger partial charge in [0.2, 0.25) is 0 Å². The minimum atomic E-state index is -1.08. The largest absolute Gasteiger partial charge is 0.468 e.